The van der Waals surface area contributed by atoms with E-state index in [1.54, 1.807) is 0 Å². The van der Waals surface area contributed by atoms with Gasteiger partial charge in [-0.1, -0.05) is 44.2 Å². The first-order valence-electron chi connectivity index (χ1n) is 13.2. The fourth-order valence-corrected chi connectivity index (χ4v) is 8.90. The molecular weight excluding hydrogens is 408 g/mol. The second-order valence-corrected chi connectivity index (χ2v) is 12.6. The Hall–Kier alpha value is -1.84. The van der Waals surface area contributed by atoms with E-state index in [0.29, 0.717) is 36.1 Å². The third-order valence-corrected chi connectivity index (χ3v) is 10.8. The Bertz CT molecular complexity index is 927. The Morgan fingerprint density at radius 3 is 2.39 bits per heavy atom. The molecular formula is C29H42N2O2. The van der Waals surface area contributed by atoms with Crippen LogP contribution in [0.25, 0.3) is 0 Å². The third kappa shape index (κ3) is 3.46. The number of hydrogen-bond acceptors (Lipinski definition) is 2. The Morgan fingerprint density at radius 2 is 1.67 bits per heavy atom. The van der Waals surface area contributed by atoms with Gasteiger partial charge in [-0.3, -0.25) is 9.59 Å². The van der Waals surface area contributed by atoms with Crippen molar-refractivity contribution < 1.29 is 9.59 Å². The highest BCUT2D eigenvalue weighted by Gasteiger charge is 2.62. The SMILES string of the molecule is CN1C(=O)CC[C@@]2(C)C1CC[C@@H]1[C@H]2CC[C@]2(C)C(C(=O)NC(C)(C)c3ccccc3)CC[C@@H]12. The molecule has 2 amide bonds. The van der Waals surface area contributed by atoms with E-state index in [4.69, 9.17) is 0 Å². The Labute approximate surface area is 199 Å². The minimum Gasteiger partial charge on any atom is -0.347 e. The fraction of sp³-hybridized carbons (Fsp3) is 0.724. The maximum absolute atomic E-state index is 13.7. The summed E-state index contributed by atoms with van der Waals surface area (Å²) in [4.78, 5) is 28.1. The van der Waals surface area contributed by atoms with Crippen LogP contribution in [0.15, 0.2) is 30.3 Å². The smallest absolute Gasteiger partial charge is 0.224 e. The summed E-state index contributed by atoms with van der Waals surface area (Å²) < 4.78 is 0. The van der Waals surface area contributed by atoms with Gasteiger partial charge in [0.25, 0.3) is 0 Å². The van der Waals surface area contributed by atoms with Crippen molar-refractivity contribution in [1.29, 1.82) is 0 Å². The number of likely N-dealkylation sites (tertiary alicyclic amines) is 1. The zero-order valence-electron chi connectivity index (χ0n) is 21.2. The molecule has 1 aromatic rings. The molecule has 1 heterocycles. The molecule has 3 saturated carbocycles. The van der Waals surface area contributed by atoms with Crippen LogP contribution in [0.2, 0.25) is 0 Å². The Kier molecular flexibility index (Phi) is 5.45. The van der Waals surface area contributed by atoms with Crippen molar-refractivity contribution in [2.24, 2.45) is 34.5 Å². The zero-order valence-corrected chi connectivity index (χ0v) is 21.2. The topological polar surface area (TPSA) is 49.4 Å². The summed E-state index contributed by atoms with van der Waals surface area (Å²) in [6.45, 7) is 9.14. The van der Waals surface area contributed by atoms with Crippen molar-refractivity contribution in [3.63, 3.8) is 0 Å². The molecule has 4 heteroatoms. The number of hydrogen-bond donors (Lipinski definition) is 1. The summed E-state index contributed by atoms with van der Waals surface area (Å²) in [6.07, 6.45) is 8.63. The summed E-state index contributed by atoms with van der Waals surface area (Å²) >= 11 is 0. The van der Waals surface area contributed by atoms with Gasteiger partial charge in [0.1, 0.15) is 0 Å². The quantitative estimate of drug-likeness (QED) is 0.659. The van der Waals surface area contributed by atoms with Crippen LogP contribution in [-0.4, -0.2) is 29.8 Å². The van der Waals surface area contributed by atoms with Crippen molar-refractivity contribution in [2.45, 2.75) is 90.6 Å². The van der Waals surface area contributed by atoms with Gasteiger partial charge in [0.2, 0.25) is 11.8 Å². The average Bonchev–Trinajstić information content (AvgIpc) is 3.14. The molecule has 2 unspecified atom stereocenters. The van der Waals surface area contributed by atoms with E-state index in [1.165, 1.54) is 19.3 Å². The van der Waals surface area contributed by atoms with Gasteiger partial charge in [-0.05, 0) is 92.9 Å². The van der Waals surface area contributed by atoms with Crippen LogP contribution < -0.4 is 5.32 Å². The molecule has 4 aliphatic rings. The number of carbonyl (C=O) groups excluding carboxylic acids is 2. The van der Waals surface area contributed by atoms with Crippen LogP contribution in [0.3, 0.4) is 0 Å². The molecule has 5 rings (SSSR count). The van der Waals surface area contributed by atoms with Crippen molar-refractivity contribution in [3.05, 3.63) is 35.9 Å². The van der Waals surface area contributed by atoms with Gasteiger partial charge < -0.3 is 10.2 Å². The maximum Gasteiger partial charge on any atom is 0.224 e. The number of fused-ring (bicyclic) bond motifs is 5. The second kappa shape index (κ2) is 7.85. The molecule has 180 valence electrons. The number of rotatable bonds is 3. The van der Waals surface area contributed by atoms with E-state index in [-0.39, 0.29) is 28.2 Å². The monoisotopic (exact) mass is 450 g/mol. The number of amides is 2. The first-order valence-corrected chi connectivity index (χ1v) is 13.2. The van der Waals surface area contributed by atoms with E-state index < -0.39 is 0 Å². The molecule has 0 aromatic heterocycles. The molecule has 1 saturated heterocycles. The average molecular weight is 451 g/mol. The number of nitrogens with zero attached hydrogens (tertiary/aromatic N) is 1. The maximum atomic E-state index is 13.7. The second-order valence-electron chi connectivity index (χ2n) is 12.6. The summed E-state index contributed by atoms with van der Waals surface area (Å²) in [5, 5.41) is 3.43. The molecule has 0 bridgehead atoms. The van der Waals surface area contributed by atoms with Gasteiger partial charge in [-0.15, -0.1) is 0 Å². The molecule has 1 N–H and O–H groups in total. The van der Waals surface area contributed by atoms with E-state index in [0.717, 1.165) is 31.2 Å². The zero-order chi connectivity index (χ0) is 23.6. The molecule has 0 spiro atoms. The number of nitrogens with one attached hydrogen (secondary N) is 1. The van der Waals surface area contributed by atoms with Gasteiger partial charge in [-0.25, -0.2) is 0 Å². The van der Waals surface area contributed by atoms with E-state index >= 15 is 0 Å². The summed E-state index contributed by atoms with van der Waals surface area (Å²) in [7, 11) is 2.03. The Balaban J connectivity index is 1.35. The lowest BCUT2D eigenvalue weighted by atomic mass is 9.47. The van der Waals surface area contributed by atoms with E-state index in [1.807, 2.05) is 25.2 Å². The molecule has 7 atom stereocenters. The molecule has 4 fully saturated rings. The van der Waals surface area contributed by atoms with Gasteiger partial charge >= 0.3 is 0 Å². The molecule has 3 aliphatic carbocycles. The van der Waals surface area contributed by atoms with Gasteiger partial charge in [-0.2, -0.15) is 0 Å². The fourth-order valence-electron chi connectivity index (χ4n) is 8.90. The molecule has 33 heavy (non-hydrogen) atoms. The largest absolute Gasteiger partial charge is 0.347 e. The first-order chi connectivity index (χ1) is 15.6. The molecule has 0 radical (unpaired) electrons. The van der Waals surface area contributed by atoms with Crippen LogP contribution in [0.1, 0.15) is 84.6 Å². The highest BCUT2D eigenvalue weighted by atomic mass is 16.2. The van der Waals surface area contributed by atoms with Crippen LogP contribution in [0, 0.1) is 34.5 Å². The molecule has 1 aromatic carbocycles. The van der Waals surface area contributed by atoms with Gasteiger partial charge in [0.05, 0.1) is 5.54 Å². The third-order valence-electron chi connectivity index (χ3n) is 10.8. The summed E-state index contributed by atoms with van der Waals surface area (Å²) in [5.74, 6) is 2.70. The van der Waals surface area contributed by atoms with Gasteiger partial charge in [0, 0.05) is 25.4 Å². The van der Waals surface area contributed by atoms with Gasteiger partial charge in [0.15, 0.2) is 0 Å². The highest BCUT2D eigenvalue weighted by molar-refractivity contribution is 5.81. The van der Waals surface area contributed by atoms with Crippen molar-refractivity contribution in [2.75, 3.05) is 7.05 Å². The van der Waals surface area contributed by atoms with E-state index in [2.05, 4.69) is 50.0 Å². The summed E-state index contributed by atoms with van der Waals surface area (Å²) in [5.41, 5.74) is 1.12. The number of benzene rings is 1. The summed E-state index contributed by atoms with van der Waals surface area (Å²) in [6, 6.07) is 10.7. The minimum absolute atomic E-state index is 0.0948. The minimum atomic E-state index is -0.366. The van der Waals surface area contributed by atoms with Crippen molar-refractivity contribution in [1.82, 2.24) is 10.2 Å². The molecule has 4 nitrogen and oxygen atoms in total. The highest BCUT2D eigenvalue weighted by Crippen LogP contribution is 2.66. The lowest BCUT2D eigenvalue weighted by Gasteiger charge is -2.61. The van der Waals surface area contributed by atoms with Crippen LogP contribution >= 0.6 is 0 Å². The predicted octanol–water partition coefficient (Wildman–Crippen LogP) is 5.52. The lowest BCUT2D eigenvalue weighted by Crippen LogP contribution is -2.61. The Morgan fingerprint density at radius 1 is 0.970 bits per heavy atom. The predicted molar refractivity (Wildman–Crippen MR) is 131 cm³/mol. The normalized spacial score (nSPS) is 40.6. The van der Waals surface area contributed by atoms with Crippen molar-refractivity contribution >= 4 is 11.8 Å². The van der Waals surface area contributed by atoms with Crippen molar-refractivity contribution in [3.8, 4) is 0 Å². The van der Waals surface area contributed by atoms with Crippen LogP contribution in [-0.2, 0) is 15.1 Å². The number of piperidine rings is 1. The number of carbonyl (C=O) groups is 2. The first kappa shape index (κ1) is 22.9. The lowest BCUT2D eigenvalue weighted by molar-refractivity contribution is -0.160. The molecule has 1 aliphatic heterocycles. The van der Waals surface area contributed by atoms with E-state index in [9.17, 15) is 9.59 Å². The van der Waals surface area contributed by atoms with Crippen LogP contribution in [0.5, 0.6) is 0 Å². The van der Waals surface area contributed by atoms with Crippen LogP contribution in [0.4, 0.5) is 0 Å². The standard InChI is InChI=1S/C29H42N2O2/c1-27(2,19-9-7-6-8-10-19)30-26(33)23-13-12-21-20-11-14-24-29(4,18-16-25(32)31(24)5)22(20)15-17-28(21,23)3/h6-10,20-24H,11-18H2,1-5H3,(H,30,33)/t20-,21-,22+,23?,24?,28-,29+/m0/s1.